The average molecular weight is 579 g/mol. The van der Waals surface area contributed by atoms with E-state index in [-0.39, 0.29) is 42.9 Å². The highest BCUT2D eigenvalue weighted by Crippen LogP contribution is 2.30. The van der Waals surface area contributed by atoms with Crippen LogP contribution in [0.5, 0.6) is 0 Å². The molecule has 1 unspecified atom stereocenters. The van der Waals surface area contributed by atoms with Gasteiger partial charge in [0.2, 0.25) is 16.9 Å². The fourth-order valence-electron chi connectivity index (χ4n) is 4.87. The van der Waals surface area contributed by atoms with Gasteiger partial charge in [-0.05, 0) is 67.7 Å². The van der Waals surface area contributed by atoms with E-state index in [2.05, 4.69) is 20.4 Å². The molecule has 5 rings (SSSR count). The summed E-state index contributed by atoms with van der Waals surface area (Å²) < 4.78 is 15.0. The highest BCUT2D eigenvalue weighted by Gasteiger charge is 2.36. The molecule has 3 heterocycles. The lowest BCUT2D eigenvalue weighted by molar-refractivity contribution is -0.122. The largest absolute Gasteiger partial charge is 0.309 e. The van der Waals surface area contributed by atoms with Crippen LogP contribution in [0.4, 0.5) is 15.2 Å². The first-order chi connectivity index (χ1) is 17.9. The number of carbonyl (C=O) groups excluding carboxylic acids is 2. The number of carbonyl (C=O) groups is 2. The number of aromatic nitrogens is 2. The lowest BCUT2D eigenvalue weighted by atomic mass is 10.1. The summed E-state index contributed by atoms with van der Waals surface area (Å²) in [4.78, 5) is 29.2. The second-order valence-electron chi connectivity index (χ2n) is 9.64. The molecule has 2 amide bonds. The minimum atomic E-state index is -0.582. The first-order valence-electron chi connectivity index (χ1n) is 12.6. The van der Waals surface area contributed by atoms with E-state index >= 15 is 0 Å². The summed E-state index contributed by atoms with van der Waals surface area (Å²) in [5.74, 6) is -1.58. The maximum absolute atomic E-state index is 15.0. The maximum atomic E-state index is 15.0. The predicted octanol–water partition coefficient (Wildman–Crippen LogP) is 5.52. The summed E-state index contributed by atoms with van der Waals surface area (Å²) in [6.07, 6.45) is 5.11. The minimum Gasteiger partial charge on any atom is -0.309 e. The normalized spacial score (nSPS) is 17.9. The van der Waals surface area contributed by atoms with Gasteiger partial charge in [0.05, 0.1) is 11.6 Å². The molecular formula is C27H30Cl2FN5O2S. The summed E-state index contributed by atoms with van der Waals surface area (Å²) >= 11 is 7.25. The van der Waals surface area contributed by atoms with E-state index in [1.54, 1.807) is 6.07 Å². The second kappa shape index (κ2) is 13.0. The number of halogens is 3. The van der Waals surface area contributed by atoms with Crippen LogP contribution < -0.4 is 10.2 Å². The Morgan fingerprint density at radius 3 is 2.53 bits per heavy atom. The van der Waals surface area contributed by atoms with Crippen LogP contribution in [-0.2, 0) is 29.0 Å². The summed E-state index contributed by atoms with van der Waals surface area (Å²) in [7, 11) is 0. The van der Waals surface area contributed by atoms with E-state index in [9.17, 15) is 14.0 Å². The van der Waals surface area contributed by atoms with Gasteiger partial charge in [-0.25, -0.2) is 4.39 Å². The van der Waals surface area contributed by atoms with Crippen LogP contribution >= 0.6 is 35.3 Å². The zero-order valence-corrected chi connectivity index (χ0v) is 23.3. The third-order valence-corrected chi connectivity index (χ3v) is 8.04. The van der Waals surface area contributed by atoms with Crippen molar-refractivity contribution < 1.29 is 14.0 Å². The molecular weight excluding hydrogens is 548 g/mol. The Hall–Kier alpha value is -2.59. The maximum Gasteiger partial charge on any atom is 0.231 e. The Morgan fingerprint density at radius 2 is 1.79 bits per heavy atom. The fraction of sp³-hybridized carbons (Fsp3) is 0.407. The third-order valence-electron chi connectivity index (χ3n) is 6.89. The molecule has 0 spiro atoms. The van der Waals surface area contributed by atoms with E-state index in [0.717, 1.165) is 35.6 Å². The molecule has 38 heavy (non-hydrogen) atoms. The van der Waals surface area contributed by atoms with Crippen molar-refractivity contribution in [2.45, 2.75) is 45.1 Å². The number of piperidine rings is 1. The smallest absolute Gasteiger partial charge is 0.231 e. The summed E-state index contributed by atoms with van der Waals surface area (Å²) in [5.41, 5.74) is 2.26. The van der Waals surface area contributed by atoms with Gasteiger partial charge >= 0.3 is 0 Å². The van der Waals surface area contributed by atoms with Gasteiger partial charge < -0.3 is 10.2 Å². The molecule has 3 aromatic rings. The number of hydrogen-bond acceptors (Lipinski definition) is 6. The van der Waals surface area contributed by atoms with Crippen LogP contribution in [0, 0.1) is 11.7 Å². The number of nitrogens with one attached hydrogen (secondary N) is 1. The molecule has 0 bridgehead atoms. The second-order valence-corrected chi connectivity index (χ2v) is 11.1. The molecule has 0 aliphatic carbocycles. The minimum absolute atomic E-state index is 0. The summed E-state index contributed by atoms with van der Waals surface area (Å²) in [5, 5.41) is 12.9. The number of hydrogen-bond donors (Lipinski definition) is 1. The molecule has 0 saturated carbocycles. The lowest BCUT2D eigenvalue weighted by Gasteiger charge is -2.26. The molecule has 2 aliphatic heterocycles. The first-order valence-corrected chi connectivity index (χ1v) is 13.8. The van der Waals surface area contributed by atoms with Crippen molar-refractivity contribution in [1.29, 1.82) is 0 Å². The number of benzene rings is 2. The number of likely N-dealkylation sites (tertiary alicyclic amines) is 1. The number of amides is 2. The zero-order chi connectivity index (χ0) is 25.8. The molecule has 2 aliphatic rings. The monoisotopic (exact) mass is 577 g/mol. The quantitative estimate of drug-likeness (QED) is 0.381. The highest BCUT2D eigenvalue weighted by atomic mass is 35.5. The van der Waals surface area contributed by atoms with Crippen molar-refractivity contribution in [1.82, 2.24) is 15.1 Å². The Kier molecular flexibility index (Phi) is 9.70. The van der Waals surface area contributed by atoms with Crippen molar-refractivity contribution in [3.63, 3.8) is 0 Å². The van der Waals surface area contributed by atoms with Gasteiger partial charge in [-0.2, -0.15) is 0 Å². The molecule has 1 atom stereocenters. The van der Waals surface area contributed by atoms with E-state index in [4.69, 9.17) is 11.6 Å². The van der Waals surface area contributed by atoms with Gasteiger partial charge in [0.25, 0.3) is 0 Å². The number of rotatable bonds is 8. The van der Waals surface area contributed by atoms with Crippen LogP contribution in [0.2, 0.25) is 5.02 Å². The van der Waals surface area contributed by atoms with E-state index in [1.807, 2.05) is 30.3 Å². The lowest BCUT2D eigenvalue weighted by Crippen LogP contribution is -2.30. The summed E-state index contributed by atoms with van der Waals surface area (Å²) in [6, 6.07) is 12.7. The third kappa shape index (κ3) is 7.08. The number of aryl methyl sites for hydroxylation is 2. The molecule has 7 nitrogen and oxygen atoms in total. The highest BCUT2D eigenvalue weighted by molar-refractivity contribution is 7.15. The van der Waals surface area contributed by atoms with Gasteiger partial charge in [-0.3, -0.25) is 14.5 Å². The standard InChI is InChI=1S/C27H29ClFN5O2S.ClH/c28-21-8-4-18(5-9-21)7-11-24-31-32-27(37-24)30-26(36)20-15-25(35)34(17-20)23-10-6-19(14-22(23)29)16-33-12-2-1-3-13-33;/h4-6,8-10,14,20H,1-3,7,11-13,15-17H2,(H,30,32,36);1H. The van der Waals surface area contributed by atoms with Crippen molar-refractivity contribution in [2.75, 3.05) is 29.9 Å². The van der Waals surface area contributed by atoms with Crippen molar-refractivity contribution in [2.24, 2.45) is 5.92 Å². The molecule has 2 fully saturated rings. The first kappa shape index (κ1) is 28.4. The van der Waals surface area contributed by atoms with Crippen LogP contribution in [-0.4, -0.2) is 46.5 Å². The average Bonchev–Trinajstić information content (AvgIpc) is 3.51. The molecule has 11 heteroatoms. The Balaban J connectivity index is 0.00000336. The van der Waals surface area contributed by atoms with E-state index < -0.39 is 11.7 Å². The van der Waals surface area contributed by atoms with Crippen molar-refractivity contribution in [3.05, 3.63) is 69.4 Å². The van der Waals surface area contributed by atoms with Gasteiger partial charge in [0.15, 0.2) is 0 Å². The van der Waals surface area contributed by atoms with Crippen LogP contribution in [0.1, 0.15) is 41.8 Å². The Morgan fingerprint density at radius 1 is 1.05 bits per heavy atom. The van der Waals surface area contributed by atoms with Crippen LogP contribution in [0.3, 0.4) is 0 Å². The zero-order valence-electron chi connectivity index (χ0n) is 20.9. The molecule has 2 saturated heterocycles. The molecule has 0 radical (unpaired) electrons. The van der Waals surface area contributed by atoms with E-state index in [1.165, 1.54) is 41.6 Å². The van der Waals surface area contributed by atoms with Gasteiger partial charge in [-0.1, -0.05) is 47.6 Å². The predicted molar refractivity (Wildman–Crippen MR) is 151 cm³/mol. The number of anilines is 2. The molecule has 202 valence electrons. The Labute approximate surface area is 236 Å². The van der Waals surface area contributed by atoms with Crippen molar-refractivity contribution in [3.8, 4) is 0 Å². The molecule has 1 aromatic heterocycles. The number of nitrogens with zero attached hydrogens (tertiary/aromatic N) is 4. The van der Waals surface area contributed by atoms with E-state index in [0.29, 0.717) is 23.1 Å². The van der Waals surface area contributed by atoms with Crippen molar-refractivity contribution >= 4 is 58.0 Å². The molecule has 1 N–H and O–H groups in total. The van der Waals surface area contributed by atoms with Gasteiger partial charge in [0, 0.05) is 31.0 Å². The summed E-state index contributed by atoms with van der Waals surface area (Å²) in [6.45, 7) is 2.90. The van der Waals surface area contributed by atoms with Crippen LogP contribution in [0.15, 0.2) is 42.5 Å². The fourth-order valence-corrected chi connectivity index (χ4v) is 5.74. The molecule has 2 aromatic carbocycles. The van der Waals surface area contributed by atoms with Crippen LogP contribution in [0.25, 0.3) is 0 Å². The SMILES string of the molecule is Cl.O=C(Nc1nnc(CCc2ccc(Cl)cc2)s1)C1CC(=O)N(c2ccc(CN3CCCCC3)cc2F)C1. The topological polar surface area (TPSA) is 78.4 Å². The van der Waals surface area contributed by atoms with Gasteiger partial charge in [-0.15, -0.1) is 22.6 Å². The Bertz CT molecular complexity index is 1270. The van der Waals surface area contributed by atoms with Gasteiger partial charge in [0.1, 0.15) is 10.8 Å².